The van der Waals surface area contributed by atoms with Crippen LogP contribution in [0.2, 0.25) is 0 Å². The molecule has 3 rings (SSSR count). The Bertz CT molecular complexity index is 1050. The van der Waals surface area contributed by atoms with Gasteiger partial charge in [-0.05, 0) is 86.8 Å². The van der Waals surface area contributed by atoms with Gasteiger partial charge in [-0.2, -0.15) is 0 Å². The fourth-order valence-corrected chi connectivity index (χ4v) is 5.35. The van der Waals surface area contributed by atoms with Crippen LogP contribution in [0.4, 0.5) is 0 Å². The quantitative estimate of drug-likeness (QED) is 0.114. The van der Waals surface area contributed by atoms with Crippen LogP contribution in [0.5, 0.6) is 0 Å². The molecule has 3 heteroatoms. The second kappa shape index (κ2) is 16.8. The summed E-state index contributed by atoms with van der Waals surface area (Å²) in [5, 5.41) is 0. The summed E-state index contributed by atoms with van der Waals surface area (Å²) in [4.78, 5) is 0. The van der Waals surface area contributed by atoms with E-state index < -0.39 is 0 Å². The maximum absolute atomic E-state index is 11.8. The van der Waals surface area contributed by atoms with Crippen molar-refractivity contribution in [2.75, 3.05) is 0 Å². The molecule has 0 saturated carbocycles. The maximum atomic E-state index is 11.8. The largest absolute Gasteiger partial charge is 0.493 e. The van der Waals surface area contributed by atoms with Crippen LogP contribution in [0.3, 0.4) is 0 Å². The van der Waals surface area contributed by atoms with Gasteiger partial charge in [-0.15, -0.1) is 0 Å². The molecule has 0 spiro atoms. The van der Waals surface area contributed by atoms with Gasteiger partial charge in [0.1, 0.15) is 0 Å². The summed E-state index contributed by atoms with van der Waals surface area (Å²) in [5.74, 6) is 0. The predicted molar refractivity (Wildman–Crippen MR) is 156 cm³/mol. The van der Waals surface area contributed by atoms with Gasteiger partial charge >= 0.3 is 0 Å². The van der Waals surface area contributed by atoms with Crippen LogP contribution < -0.4 is 0 Å². The number of unbranched alkanes of at least 4 members (excludes halogenated alkanes) is 6. The number of hydrogen-bond acceptors (Lipinski definition) is 0. The van der Waals surface area contributed by atoms with Crippen LogP contribution >= 0.6 is 0 Å². The molecular formula is C34H48N2Ni. The summed E-state index contributed by atoms with van der Waals surface area (Å²) in [6, 6.07) is 17.9. The monoisotopic (exact) mass is 542 g/mol. The molecule has 0 amide bonds. The second-order valence-electron chi connectivity index (χ2n) is 10.5. The second-order valence-corrected chi connectivity index (χ2v) is 10.5. The number of allylic oxidation sites excluding steroid dienone is 2. The van der Waals surface area contributed by atoms with Gasteiger partial charge in [0, 0.05) is 38.8 Å². The molecule has 1 aliphatic heterocycles. The minimum absolute atomic E-state index is 0. The smallest absolute Gasteiger partial charge is 0.211 e. The molecule has 0 N–H and O–H groups in total. The molecule has 1 aliphatic rings. The van der Waals surface area contributed by atoms with Crippen LogP contribution in [0.1, 0.15) is 127 Å². The van der Waals surface area contributed by atoms with E-state index in [4.69, 9.17) is 0 Å². The van der Waals surface area contributed by atoms with Crippen molar-refractivity contribution in [2.45, 2.75) is 118 Å². The third-order valence-electron chi connectivity index (χ3n) is 7.49. The van der Waals surface area contributed by atoms with Gasteiger partial charge in [-0.25, -0.2) is 4.70 Å². The molecule has 1 heterocycles. The van der Waals surface area contributed by atoms with Gasteiger partial charge in [0.15, 0.2) is 0 Å². The molecule has 0 aromatic heterocycles. The Morgan fingerprint density at radius 1 is 0.541 bits per heavy atom. The zero-order valence-electron chi connectivity index (χ0n) is 23.7. The van der Waals surface area contributed by atoms with E-state index in [2.05, 4.69) is 76.2 Å². The normalized spacial score (nSPS) is 13.5. The minimum atomic E-state index is 0. The average molecular weight is 543 g/mol. The van der Waals surface area contributed by atoms with Crippen molar-refractivity contribution in [2.24, 2.45) is 0 Å². The fourth-order valence-electron chi connectivity index (χ4n) is 5.35. The van der Waals surface area contributed by atoms with E-state index in [9.17, 15) is 5.53 Å². The van der Waals surface area contributed by atoms with Crippen LogP contribution in [0.15, 0.2) is 59.7 Å². The molecule has 0 saturated heterocycles. The van der Waals surface area contributed by atoms with Crippen LogP contribution in [-0.2, 0) is 29.3 Å². The Hall–Kier alpha value is -1.99. The van der Waals surface area contributed by atoms with Gasteiger partial charge in [-0.3, -0.25) is 0 Å². The molecule has 0 fully saturated rings. The molecule has 37 heavy (non-hydrogen) atoms. The summed E-state index contributed by atoms with van der Waals surface area (Å²) in [7, 11) is 0. The Balaban J connectivity index is 0.00000481. The van der Waals surface area contributed by atoms with Crippen molar-refractivity contribution in [3.05, 3.63) is 87.5 Å². The summed E-state index contributed by atoms with van der Waals surface area (Å²) in [6.45, 7) is 9.03. The Morgan fingerprint density at radius 3 is 1.68 bits per heavy atom. The van der Waals surface area contributed by atoms with Gasteiger partial charge in [0.05, 0.1) is 0 Å². The molecule has 0 atom stereocenters. The topological polar surface area (TPSA) is 25.3 Å². The zero-order valence-corrected chi connectivity index (χ0v) is 24.7. The van der Waals surface area contributed by atoms with Crippen LogP contribution in [0.25, 0.3) is 16.9 Å². The maximum Gasteiger partial charge on any atom is 0.211 e. The summed E-state index contributed by atoms with van der Waals surface area (Å²) in [5.41, 5.74) is 21.6. The number of nitrogens with zero attached hydrogens (tertiary/aromatic N) is 2. The Labute approximate surface area is 237 Å². The molecule has 0 unspecified atom stereocenters. The fraction of sp³-hybridized carbons (Fsp3) is 0.529. The molecule has 0 aliphatic carbocycles. The van der Waals surface area contributed by atoms with Crippen LogP contribution in [-0.4, -0.2) is 4.70 Å². The number of hydrogen-bond donors (Lipinski definition) is 0. The van der Waals surface area contributed by atoms with E-state index >= 15 is 0 Å². The first-order chi connectivity index (χ1) is 17.6. The summed E-state index contributed by atoms with van der Waals surface area (Å²) >= 11 is 0. The summed E-state index contributed by atoms with van der Waals surface area (Å²) in [6.07, 6.45) is 16.3. The first kappa shape index (κ1) is 31.2. The van der Waals surface area contributed by atoms with Crippen molar-refractivity contribution in [1.29, 1.82) is 0 Å². The van der Waals surface area contributed by atoms with E-state index in [0.29, 0.717) is 0 Å². The van der Waals surface area contributed by atoms with E-state index in [1.165, 1.54) is 67.2 Å². The molecule has 2 aromatic carbocycles. The van der Waals surface area contributed by atoms with Crippen molar-refractivity contribution >= 4 is 11.4 Å². The van der Waals surface area contributed by atoms with E-state index in [1.807, 2.05) is 0 Å². The number of rotatable bonds is 16. The first-order valence-electron chi connectivity index (χ1n) is 14.8. The molecule has 0 bridgehead atoms. The third kappa shape index (κ3) is 8.51. The van der Waals surface area contributed by atoms with Gasteiger partial charge < -0.3 is 5.53 Å². The molecule has 0 radical (unpaired) electrons. The third-order valence-corrected chi connectivity index (χ3v) is 7.49. The standard InChI is InChI=1S/C34H48N2.Ni/c1-5-9-13-17-28-18-15-19-30(26-28)34-32(21-14-10-6-2)31(20-12-8-4)33(36(34)35)29-24-22-27(23-25-29)16-11-7-3;/h15,18-19,22-26H,5-14,16-17,20-21H2,1-4H3;. The number of benzene rings is 2. The van der Waals surface area contributed by atoms with E-state index in [-0.39, 0.29) is 16.5 Å². The minimum Gasteiger partial charge on any atom is -0.493 e. The molecule has 2 aromatic rings. The SMILES string of the molecule is CCCCCC1=C(c2cccc(CCCCC)c2)[N+](=[N-])C(c2ccc(CCCC)cc2)=C1CCCC.[Ni]. The van der Waals surface area contributed by atoms with Gasteiger partial charge in [-0.1, -0.05) is 90.5 Å². The summed E-state index contributed by atoms with van der Waals surface area (Å²) < 4.78 is 1.54. The molecule has 2 nitrogen and oxygen atoms in total. The molecular weight excluding hydrogens is 495 g/mol. The Kier molecular flexibility index (Phi) is 14.2. The zero-order chi connectivity index (χ0) is 25.8. The van der Waals surface area contributed by atoms with Crippen molar-refractivity contribution < 1.29 is 21.2 Å². The van der Waals surface area contributed by atoms with E-state index in [0.717, 1.165) is 67.5 Å². The molecule has 204 valence electrons. The average Bonchev–Trinajstić information content (AvgIpc) is 3.17. The number of aryl methyl sites for hydroxylation is 2. The van der Waals surface area contributed by atoms with Crippen molar-refractivity contribution in [3.8, 4) is 0 Å². The first-order valence-corrected chi connectivity index (χ1v) is 14.8. The Morgan fingerprint density at radius 2 is 1.05 bits per heavy atom. The van der Waals surface area contributed by atoms with Crippen molar-refractivity contribution in [3.63, 3.8) is 0 Å². The van der Waals surface area contributed by atoms with E-state index in [1.54, 1.807) is 4.70 Å². The van der Waals surface area contributed by atoms with Gasteiger partial charge in [0.25, 0.3) is 0 Å². The van der Waals surface area contributed by atoms with Crippen molar-refractivity contribution in [1.82, 2.24) is 0 Å². The predicted octanol–water partition coefficient (Wildman–Crippen LogP) is 10.7. The van der Waals surface area contributed by atoms with Crippen LogP contribution in [0, 0.1) is 0 Å². The van der Waals surface area contributed by atoms with Gasteiger partial charge in [0.2, 0.25) is 11.4 Å².